The summed E-state index contributed by atoms with van der Waals surface area (Å²) >= 11 is 0. The Morgan fingerprint density at radius 3 is 2.64 bits per heavy atom. The van der Waals surface area contributed by atoms with Crippen molar-refractivity contribution in [1.29, 1.82) is 0 Å². The van der Waals surface area contributed by atoms with Gasteiger partial charge in [0.2, 0.25) is 0 Å². The molecule has 0 aliphatic carbocycles. The van der Waals surface area contributed by atoms with Crippen LogP contribution in [0.4, 0.5) is 0 Å². The maximum atomic E-state index is 4.35. The summed E-state index contributed by atoms with van der Waals surface area (Å²) < 4.78 is 0. The van der Waals surface area contributed by atoms with E-state index in [0.29, 0.717) is 5.92 Å². The van der Waals surface area contributed by atoms with E-state index in [4.69, 9.17) is 0 Å². The van der Waals surface area contributed by atoms with E-state index < -0.39 is 0 Å². The summed E-state index contributed by atoms with van der Waals surface area (Å²) in [6.07, 6.45) is 3.07. The molecule has 76 valence electrons. The van der Waals surface area contributed by atoms with Crippen LogP contribution in [0.3, 0.4) is 0 Å². The second kappa shape index (κ2) is 4.41. The summed E-state index contributed by atoms with van der Waals surface area (Å²) in [5, 5.41) is 0. The van der Waals surface area contributed by atoms with Crippen LogP contribution in [-0.2, 0) is 6.42 Å². The van der Waals surface area contributed by atoms with Gasteiger partial charge in [-0.05, 0) is 49.0 Å². The van der Waals surface area contributed by atoms with Gasteiger partial charge in [0.15, 0.2) is 0 Å². The predicted molar refractivity (Wildman–Crippen MR) is 62.2 cm³/mol. The molecular formula is C13H19N. The highest BCUT2D eigenvalue weighted by Gasteiger charge is 2.04. The van der Waals surface area contributed by atoms with Gasteiger partial charge in [-0.25, -0.2) is 0 Å². The third kappa shape index (κ3) is 2.69. The molecule has 1 heteroatoms. The highest BCUT2D eigenvalue weighted by Crippen LogP contribution is 2.17. The van der Waals surface area contributed by atoms with E-state index in [1.54, 1.807) is 0 Å². The molecule has 0 bridgehead atoms. The van der Waals surface area contributed by atoms with Crippen molar-refractivity contribution < 1.29 is 0 Å². The first-order valence-electron chi connectivity index (χ1n) is 5.12. The van der Waals surface area contributed by atoms with Crippen molar-refractivity contribution in [2.75, 3.05) is 0 Å². The van der Waals surface area contributed by atoms with Crippen LogP contribution in [0.1, 0.15) is 37.6 Å². The second-order valence-corrected chi connectivity index (χ2v) is 4.37. The second-order valence-electron chi connectivity index (χ2n) is 4.37. The number of pyridine rings is 1. The van der Waals surface area contributed by atoms with E-state index in [9.17, 15) is 0 Å². The Bertz CT molecular complexity index is 337. The highest BCUT2D eigenvalue weighted by molar-refractivity contribution is 5.58. The normalized spacial score (nSPS) is 10.6. The van der Waals surface area contributed by atoms with Crippen molar-refractivity contribution in [3.05, 3.63) is 35.7 Å². The lowest BCUT2D eigenvalue weighted by Gasteiger charge is -2.10. The molecule has 0 aromatic carbocycles. The monoisotopic (exact) mass is 189 g/mol. The summed E-state index contributed by atoms with van der Waals surface area (Å²) in [6, 6.07) is 2.16. The van der Waals surface area contributed by atoms with Gasteiger partial charge in [-0.1, -0.05) is 20.4 Å². The first kappa shape index (κ1) is 11.0. The van der Waals surface area contributed by atoms with Crippen LogP contribution in [0.25, 0.3) is 5.57 Å². The van der Waals surface area contributed by atoms with Gasteiger partial charge in [-0.3, -0.25) is 4.98 Å². The van der Waals surface area contributed by atoms with E-state index in [-0.39, 0.29) is 0 Å². The number of rotatable bonds is 3. The van der Waals surface area contributed by atoms with Crippen LogP contribution in [0.2, 0.25) is 0 Å². The van der Waals surface area contributed by atoms with E-state index in [0.717, 1.165) is 17.7 Å². The van der Waals surface area contributed by atoms with E-state index >= 15 is 0 Å². The van der Waals surface area contributed by atoms with Crippen LogP contribution >= 0.6 is 0 Å². The molecule has 0 aliphatic heterocycles. The summed E-state index contributed by atoms with van der Waals surface area (Å²) in [4.78, 5) is 4.35. The zero-order chi connectivity index (χ0) is 10.7. The summed E-state index contributed by atoms with van der Waals surface area (Å²) in [5.74, 6) is 0.689. The maximum Gasteiger partial charge on any atom is 0.0655 e. The minimum atomic E-state index is 0.689. The minimum absolute atomic E-state index is 0.689. The lowest BCUT2D eigenvalue weighted by molar-refractivity contribution is 0.644. The molecule has 0 unspecified atom stereocenters. The molecule has 0 fully saturated rings. The fourth-order valence-corrected chi connectivity index (χ4v) is 1.46. The van der Waals surface area contributed by atoms with Gasteiger partial charge in [0.25, 0.3) is 0 Å². The van der Waals surface area contributed by atoms with Crippen LogP contribution in [-0.4, -0.2) is 4.98 Å². The standard InChI is InChI=1S/C13H19N/c1-9(2)6-12-7-13(10(3)4)14-8-11(12)5/h7-9H,3,6H2,1-2,4-5H3. The largest absolute Gasteiger partial charge is 0.256 e. The molecule has 0 radical (unpaired) electrons. The van der Waals surface area contributed by atoms with E-state index in [1.165, 1.54) is 11.1 Å². The van der Waals surface area contributed by atoms with E-state index in [1.807, 2.05) is 13.1 Å². The molecule has 1 rings (SSSR count). The molecule has 1 heterocycles. The van der Waals surface area contributed by atoms with Gasteiger partial charge in [-0.15, -0.1) is 0 Å². The Kier molecular flexibility index (Phi) is 3.45. The molecule has 1 aromatic rings. The summed E-state index contributed by atoms with van der Waals surface area (Å²) in [5.41, 5.74) is 4.73. The average molecular weight is 189 g/mol. The number of aromatic nitrogens is 1. The molecule has 0 N–H and O–H groups in total. The number of aryl methyl sites for hydroxylation is 1. The van der Waals surface area contributed by atoms with Crippen LogP contribution in [0, 0.1) is 12.8 Å². The van der Waals surface area contributed by atoms with Gasteiger partial charge in [-0.2, -0.15) is 0 Å². The van der Waals surface area contributed by atoms with Crippen molar-refractivity contribution in [3.63, 3.8) is 0 Å². The molecular weight excluding hydrogens is 170 g/mol. The van der Waals surface area contributed by atoms with Crippen molar-refractivity contribution in [1.82, 2.24) is 4.98 Å². The third-order valence-corrected chi connectivity index (χ3v) is 2.28. The van der Waals surface area contributed by atoms with Gasteiger partial charge in [0, 0.05) is 6.20 Å². The summed E-state index contributed by atoms with van der Waals surface area (Å²) in [6.45, 7) is 12.5. The fourth-order valence-electron chi connectivity index (χ4n) is 1.46. The minimum Gasteiger partial charge on any atom is -0.256 e. The zero-order valence-electron chi connectivity index (χ0n) is 9.59. The molecule has 0 aliphatic rings. The molecule has 0 atom stereocenters. The van der Waals surface area contributed by atoms with Crippen molar-refractivity contribution in [2.24, 2.45) is 5.92 Å². The third-order valence-electron chi connectivity index (χ3n) is 2.28. The quantitative estimate of drug-likeness (QED) is 0.707. The molecule has 0 spiro atoms. The average Bonchev–Trinajstić information content (AvgIpc) is 2.07. The molecule has 0 saturated heterocycles. The number of hydrogen-bond donors (Lipinski definition) is 0. The van der Waals surface area contributed by atoms with Crippen molar-refractivity contribution >= 4 is 5.57 Å². The molecule has 1 nitrogen and oxygen atoms in total. The fraction of sp³-hybridized carbons (Fsp3) is 0.462. The SMILES string of the molecule is C=C(C)c1cc(CC(C)C)c(C)cn1. The number of nitrogens with zero attached hydrogens (tertiary/aromatic N) is 1. The Balaban J connectivity index is 3.02. The summed E-state index contributed by atoms with van der Waals surface area (Å²) in [7, 11) is 0. The molecule has 0 saturated carbocycles. The van der Waals surface area contributed by atoms with Gasteiger partial charge < -0.3 is 0 Å². The van der Waals surface area contributed by atoms with Crippen molar-refractivity contribution in [3.8, 4) is 0 Å². The first-order valence-corrected chi connectivity index (χ1v) is 5.12. The van der Waals surface area contributed by atoms with Gasteiger partial charge >= 0.3 is 0 Å². The van der Waals surface area contributed by atoms with Gasteiger partial charge in [0.05, 0.1) is 5.69 Å². The van der Waals surface area contributed by atoms with Crippen LogP contribution in [0.5, 0.6) is 0 Å². The lowest BCUT2D eigenvalue weighted by Crippen LogP contribution is -1.99. The molecule has 14 heavy (non-hydrogen) atoms. The van der Waals surface area contributed by atoms with Crippen LogP contribution < -0.4 is 0 Å². The van der Waals surface area contributed by atoms with Crippen molar-refractivity contribution in [2.45, 2.75) is 34.1 Å². The Labute approximate surface area is 86.9 Å². The number of allylic oxidation sites excluding steroid dienone is 1. The number of hydrogen-bond acceptors (Lipinski definition) is 1. The predicted octanol–water partition coefficient (Wildman–Crippen LogP) is 3.62. The Morgan fingerprint density at radius 1 is 1.50 bits per heavy atom. The highest BCUT2D eigenvalue weighted by atomic mass is 14.7. The van der Waals surface area contributed by atoms with E-state index in [2.05, 4.69) is 38.4 Å². The molecule has 0 amide bonds. The zero-order valence-corrected chi connectivity index (χ0v) is 9.59. The topological polar surface area (TPSA) is 12.9 Å². The maximum absolute atomic E-state index is 4.35. The lowest BCUT2D eigenvalue weighted by atomic mass is 9.98. The Hall–Kier alpha value is -1.11. The van der Waals surface area contributed by atoms with Gasteiger partial charge in [0.1, 0.15) is 0 Å². The smallest absolute Gasteiger partial charge is 0.0655 e. The first-order chi connectivity index (χ1) is 6.50. The molecule has 1 aromatic heterocycles. The van der Waals surface area contributed by atoms with Crippen LogP contribution in [0.15, 0.2) is 18.8 Å². The Morgan fingerprint density at radius 2 is 2.14 bits per heavy atom.